The van der Waals surface area contributed by atoms with Crippen LogP contribution in [0.2, 0.25) is 0 Å². The molecule has 0 spiro atoms. The number of oxazole rings is 1. The zero-order valence-electron chi connectivity index (χ0n) is 27.2. The number of anilines is 2. The molecule has 0 aliphatic carbocycles. The monoisotopic (exact) mass is 677 g/mol. The number of carbonyl (C=O) groups is 1. The number of aromatic hydroxyl groups is 1. The van der Waals surface area contributed by atoms with E-state index in [0.717, 1.165) is 11.6 Å². The number of para-hydroxylation sites is 1. The maximum absolute atomic E-state index is 16.5. The van der Waals surface area contributed by atoms with Crippen molar-refractivity contribution in [3.8, 4) is 17.2 Å². The van der Waals surface area contributed by atoms with Gasteiger partial charge in [0.25, 0.3) is 5.91 Å². The van der Waals surface area contributed by atoms with Crippen molar-refractivity contribution in [2.75, 3.05) is 29.9 Å². The number of phenolic OH excluding ortho intramolecular Hbond substituents is 1. The largest absolute Gasteiger partial charge is 0.506 e. The van der Waals surface area contributed by atoms with Gasteiger partial charge in [0.1, 0.15) is 47.2 Å². The normalized spacial score (nSPS) is 18.0. The summed E-state index contributed by atoms with van der Waals surface area (Å²) in [5.74, 6) is -0.775. The van der Waals surface area contributed by atoms with Crippen LogP contribution in [0.5, 0.6) is 17.2 Å². The number of hydrogen-bond donors (Lipinski definition) is 2. The summed E-state index contributed by atoms with van der Waals surface area (Å²) in [6.45, 7) is 6.96. The number of fused-ring (bicyclic) bond motifs is 1. The van der Waals surface area contributed by atoms with Crippen LogP contribution < -0.4 is 19.7 Å². The molecule has 6 rings (SSSR count). The topological polar surface area (TPSA) is 140 Å². The highest BCUT2D eigenvalue weighted by Crippen LogP contribution is 2.52. The summed E-state index contributed by atoms with van der Waals surface area (Å²) in [7, 11) is -2.58. The summed E-state index contributed by atoms with van der Waals surface area (Å²) >= 11 is 0. The Bertz CT molecular complexity index is 2040. The highest BCUT2D eigenvalue weighted by atomic mass is 32.2. The molecule has 13 heteroatoms. The van der Waals surface area contributed by atoms with E-state index in [9.17, 15) is 18.3 Å². The number of halogens is 1. The summed E-state index contributed by atoms with van der Waals surface area (Å²) in [6.07, 6.45) is 0.256. The number of hydrogen-bond acceptors (Lipinski definition) is 10. The third kappa shape index (κ3) is 6.35. The lowest BCUT2D eigenvalue weighted by atomic mass is 9.88. The van der Waals surface area contributed by atoms with Crippen molar-refractivity contribution in [3.63, 3.8) is 0 Å². The minimum Gasteiger partial charge on any atom is -0.506 e. The maximum Gasteiger partial charge on any atom is 0.281 e. The van der Waals surface area contributed by atoms with Gasteiger partial charge in [-0.15, -0.1) is 0 Å². The highest BCUT2D eigenvalue weighted by molar-refractivity contribution is 7.95. The molecule has 3 aromatic carbocycles. The Morgan fingerprint density at radius 3 is 2.56 bits per heavy atom. The van der Waals surface area contributed by atoms with Crippen LogP contribution >= 0.6 is 0 Å². The number of nitrogens with zero attached hydrogens (tertiary/aromatic N) is 2. The summed E-state index contributed by atoms with van der Waals surface area (Å²) in [5, 5.41) is 14.1. The predicted octanol–water partition coefficient (Wildman–Crippen LogP) is 6.57. The lowest BCUT2D eigenvalue weighted by Crippen LogP contribution is -2.41. The molecule has 0 fully saturated rings. The molecule has 2 aliphatic rings. The van der Waals surface area contributed by atoms with Gasteiger partial charge in [-0.1, -0.05) is 32.0 Å². The first kappa shape index (κ1) is 33.0. The van der Waals surface area contributed by atoms with Crippen molar-refractivity contribution in [1.82, 2.24) is 4.98 Å². The third-order valence-electron chi connectivity index (χ3n) is 8.17. The average molecular weight is 678 g/mol. The fraction of sp³-hybridized carbons (Fsp3) is 0.314. The number of benzene rings is 3. The van der Waals surface area contributed by atoms with Gasteiger partial charge in [-0.2, -0.15) is 0 Å². The number of aromatic nitrogens is 1. The van der Waals surface area contributed by atoms with Gasteiger partial charge in [0, 0.05) is 31.4 Å². The number of rotatable bonds is 8. The Labute approximate surface area is 277 Å². The van der Waals surface area contributed by atoms with E-state index in [0.29, 0.717) is 5.75 Å². The number of nitrogens with one attached hydrogen (secondary N) is 1. The minimum atomic E-state index is -4.10. The van der Waals surface area contributed by atoms with E-state index < -0.39 is 33.0 Å². The van der Waals surface area contributed by atoms with Crippen molar-refractivity contribution in [2.24, 2.45) is 5.41 Å². The number of aryl methyl sites for hydroxylation is 2. The molecule has 3 heterocycles. The molecule has 0 saturated heterocycles. The summed E-state index contributed by atoms with van der Waals surface area (Å²) in [6, 6.07) is 14.3. The molecule has 1 amide bonds. The van der Waals surface area contributed by atoms with Gasteiger partial charge in [-0.05, 0) is 60.7 Å². The summed E-state index contributed by atoms with van der Waals surface area (Å²) in [5.41, 5.74) is 0.434. The molecule has 0 radical (unpaired) electrons. The van der Waals surface area contributed by atoms with Crippen molar-refractivity contribution >= 4 is 27.1 Å². The molecule has 2 aliphatic heterocycles. The Morgan fingerprint density at radius 1 is 1.10 bits per heavy atom. The van der Waals surface area contributed by atoms with Gasteiger partial charge < -0.3 is 29.1 Å². The Morgan fingerprint density at radius 2 is 1.85 bits per heavy atom. The number of carbonyl (C=O) groups excluding carboxylic acids is 1. The van der Waals surface area contributed by atoms with Crippen molar-refractivity contribution in [3.05, 3.63) is 106 Å². The first-order chi connectivity index (χ1) is 22.8. The fourth-order valence-electron chi connectivity index (χ4n) is 6.29. The van der Waals surface area contributed by atoms with Gasteiger partial charge >= 0.3 is 0 Å². The smallest absolute Gasteiger partial charge is 0.281 e. The maximum atomic E-state index is 16.5. The molecule has 11 nitrogen and oxygen atoms in total. The molecule has 2 N–H and O–H groups in total. The lowest BCUT2D eigenvalue weighted by molar-refractivity contribution is 0.0510. The molecule has 0 saturated carbocycles. The van der Waals surface area contributed by atoms with Crippen LogP contribution in [0.4, 0.5) is 15.8 Å². The summed E-state index contributed by atoms with van der Waals surface area (Å²) in [4.78, 5) is 19.8. The number of ether oxygens (including phenoxy) is 3. The van der Waals surface area contributed by atoms with Gasteiger partial charge in [0.05, 0.1) is 16.3 Å². The number of amides is 1. The first-order valence-corrected chi connectivity index (χ1v) is 16.9. The molecule has 252 valence electrons. The summed E-state index contributed by atoms with van der Waals surface area (Å²) < 4.78 is 66.8. The minimum absolute atomic E-state index is 0.0681. The van der Waals surface area contributed by atoms with Gasteiger partial charge in [-0.3, -0.25) is 9.69 Å². The molecule has 1 aromatic heterocycles. The van der Waals surface area contributed by atoms with Crippen LogP contribution in [0.25, 0.3) is 0 Å². The SMILES string of the molecule is COCOc1cccc(COc2ccc(C3C4=C(CC(C)(C)CS4(=O)=O)Nc4c(O)cccc4N3C(=O)c3nc(C)oc3C)c(F)c2)c1. The molecule has 4 aromatic rings. The van der Waals surface area contributed by atoms with Crippen LogP contribution in [-0.4, -0.2) is 44.1 Å². The molecule has 48 heavy (non-hydrogen) atoms. The van der Waals surface area contributed by atoms with E-state index >= 15 is 4.39 Å². The Balaban J connectivity index is 1.48. The van der Waals surface area contributed by atoms with Crippen molar-refractivity contribution in [2.45, 2.75) is 46.8 Å². The van der Waals surface area contributed by atoms with Gasteiger partial charge in [-0.25, -0.2) is 17.8 Å². The van der Waals surface area contributed by atoms with E-state index in [1.165, 1.54) is 36.3 Å². The number of sulfone groups is 1. The molecular weight excluding hydrogens is 641 g/mol. The lowest BCUT2D eigenvalue weighted by Gasteiger charge is -2.37. The van der Waals surface area contributed by atoms with Gasteiger partial charge in [0.15, 0.2) is 28.2 Å². The van der Waals surface area contributed by atoms with Crippen LogP contribution in [-0.2, 0) is 21.2 Å². The third-order valence-corrected chi connectivity index (χ3v) is 10.5. The quantitative estimate of drug-likeness (QED) is 0.156. The average Bonchev–Trinajstić information content (AvgIpc) is 3.27. The van der Waals surface area contributed by atoms with Crippen molar-refractivity contribution in [1.29, 1.82) is 0 Å². The molecule has 0 bridgehead atoms. The standard InChI is InChI=1S/C35H36FN3O8S/c1-20-30(37-21(2)47-20)34(41)39-28-10-7-11-29(40)31(28)38-27-16-35(3,4)18-48(42,43)33(27)32(39)25-13-12-24(15-26(25)36)45-17-22-8-6-9-23(14-22)46-19-44-5/h6-15,32,38,40H,16-19H2,1-5H3. The Hall–Kier alpha value is -4.88. The molecule has 1 atom stereocenters. The van der Waals surface area contributed by atoms with E-state index in [1.54, 1.807) is 38.1 Å². The zero-order chi connectivity index (χ0) is 34.4. The van der Waals surface area contributed by atoms with Crippen LogP contribution in [0.1, 0.15) is 59.6 Å². The second-order valence-corrected chi connectivity index (χ2v) is 14.6. The highest BCUT2D eigenvalue weighted by Gasteiger charge is 2.48. The second kappa shape index (κ2) is 12.6. The Kier molecular flexibility index (Phi) is 8.69. The van der Waals surface area contributed by atoms with Gasteiger partial charge in [0.2, 0.25) is 0 Å². The van der Waals surface area contributed by atoms with E-state index in [-0.39, 0.29) is 82.0 Å². The number of allylic oxidation sites excluding steroid dienone is 1. The molecular formula is C35H36FN3O8S. The van der Waals surface area contributed by atoms with E-state index in [4.69, 9.17) is 18.6 Å². The second-order valence-electron chi connectivity index (χ2n) is 12.6. The molecule has 1 unspecified atom stereocenters. The van der Waals surface area contributed by atoms with Crippen LogP contribution in [0, 0.1) is 25.1 Å². The first-order valence-electron chi connectivity index (χ1n) is 15.2. The number of methoxy groups -OCH3 is 1. The fourth-order valence-corrected chi connectivity index (χ4v) is 8.65. The van der Waals surface area contributed by atoms with Crippen molar-refractivity contribution < 1.29 is 41.3 Å². The van der Waals surface area contributed by atoms with Crippen LogP contribution in [0.15, 0.2) is 75.7 Å². The van der Waals surface area contributed by atoms with E-state index in [2.05, 4.69) is 10.3 Å². The van der Waals surface area contributed by atoms with Crippen LogP contribution in [0.3, 0.4) is 0 Å². The predicted molar refractivity (Wildman–Crippen MR) is 176 cm³/mol. The number of phenols is 1. The van der Waals surface area contributed by atoms with E-state index in [1.807, 2.05) is 19.9 Å². The zero-order valence-corrected chi connectivity index (χ0v) is 28.0.